The van der Waals surface area contributed by atoms with Gasteiger partial charge in [-0.25, -0.2) is 26.3 Å². The van der Waals surface area contributed by atoms with Gasteiger partial charge in [-0.05, 0) is 36.1 Å². The normalized spacial score (nSPS) is 14.7. The summed E-state index contributed by atoms with van der Waals surface area (Å²) in [7, 11) is 0. The van der Waals surface area contributed by atoms with E-state index in [1.807, 2.05) is 0 Å². The van der Waals surface area contributed by atoms with Gasteiger partial charge in [-0.1, -0.05) is 14.9 Å². The van der Waals surface area contributed by atoms with Crippen molar-refractivity contribution < 1.29 is 67.1 Å². The highest BCUT2D eigenvalue weighted by Crippen LogP contribution is 2.31. The molecule has 0 aliphatic carbocycles. The lowest BCUT2D eigenvalue weighted by Crippen LogP contribution is -2.44. The number of amides is 3. The van der Waals surface area contributed by atoms with Crippen LogP contribution in [0.1, 0.15) is 69.0 Å². The van der Waals surface area contributed by atoms with Gasteiger partial charge in [-0.15, -0.1) is 20.4 Å². The number of carbonyl (C=O) groups excluding carboxylic acids is 3. The minimum Gasteiger partial charge on any atom is -0.353 e. The number of fused-ring (bicyclic) bond motifs is 2. The fraction of sp³-hybridized carbons (Fsp3) is 0.472. The van der Waals surface area contributed by atoms with Crippen molar-refractivity contribution in [2.45, 2.75) is 98.1 Å². The number of hydrogen-bond donors (Lipinski definition) is 2. The van der Waals surface area contributed by atoms with E-state index in [1.165, 1.54) is 16.7 Å². The Morgan fingerprint density at radius 1 is 0.623 bits per heavy atom. The van der Waals surface area contributed by atoms with Crippen LogP contribution in [0.2, 0.25) is 0 Å². The summed E-state index contributed by atoms with van der Waals surface area (Å²) in [6, 6.07) is 0.248. The molecule has 0 unspecified atom stereocenters. The Hall–Kier alpha value is -5.75. The molecule has 0 bridgehead atoms. The van der Waals surface area contributed by atoms with Crippen molar-refractivity contribution in [2.24, 2.45) is 5.73 Å². The quantitative estimate of drug-likeness (QED) is 0.165. The lowest BCUT2D eigenvalue weighted by atomic mass is 10.0. The van der Waals surface area contributed by atoms with Crippen LogP contribution in [-0.4, -0.2) is 82.2 Å². The largest absolute Gasteiger partial charge is 0.451 e. The number of alkyl halides is 6. The van der Waals surface area contributed by atoms with Crippen molar-refractivity contribution in [3.05, 3.63) is 93.6 Å². The summed E-state index contributed by atoms with van der Waals surface area (Å²) in [5, 5.41) is 15.7. The lowest BCUT2D eigenvalue weighted by Gasteiger charge is -2.29. The highest BCUT2D eigenvalue weighted by atomic mass is 19.4. The summed E-state index contributed by atoms with van der Waals surface area (Å²) >= 11 is 0. The highest BCUT2D eigenvalue weighted by Gasteiger charge is 2.41. The lowest BCUT2D eigenvalue weighted by molar-refractivity contribution is -0.149. The summed E-state index contributed by atoms with van der Waals surface area (Å²) in [5.74, 6) is -11.1. The van der Waals surface area contributed by atoms with Gasteiger partial charge in [0.25, 0.3) is 0 Å². The van der Waals surface area contributed by atoms with Crippen LogP contribution in [0.4, 0.5) is 52.7 Å². The monoisotopic (exact) mass is 888 g/mol. The van der Waals surface area contributed by atoms with E-state index < -0.39 is 88.7 Å². The fourth-order valence-corrected chi connectivity index (χ4v) is 6.38. The molecule has 2 aromatic heterocycles. The number of aromatic nitrogens is 6. The van der Waals surface area contributed by atoms with Crippen LogP contribution in [0, 0.1) is 34.9 Å². The number of halogens is 12. The van der Waals surface area contributed by atoms with Gasteiger partial charge in [0, 0.05) is 70.2 Å². The molecule has 2 aliphatic heterocycles. The number of benzene rings is 2. The summed E-state index contributed by atoms with van der Waals surface area (Å²) in [6.45, 7) is 0.406. The Morgan fingerprint density at radius 2 is 1.02 bits per heavy atom. The van der Waals surface area contributed by atoms with Gasteiger partial charge in [-0.3, -0.25) is 14.4 Å². The number of carbonyl (C=O) groups is 3. The second-order valence-electron chi connectivity index (χ2n) is 13.5. The number of nitrogens with two attached hydrogens (primary N) is 1. The second kappa shape index (κ2) is 19.8. The van der Waals surface area contributed by atoms with Crippen LogP contribution in [-0.2, 0) is 65.8 Å². The maximum absolute atomic E-state index is 14.0. The molecule has 2 aliphatic rings. The molecule has 3 amide bonds. The average molecular weight is 889 g/mol. The summed E-state index contributed by atoms with van der Waals surface area (Å²) in [4.78, 5) is 39.0. The van der Waals surface area contributed by atoms with E-state index in [0.717, 1.165) is 9.13 Å². The zero-order valence-electron chi connectivity index (χ0n) is 30.5. The van der Waals surface area contributed by atoms with E-state index in [0.29, 0.717) is 24.3 Å². The third-order valence-corrected chi connectivity index (χ3v) is 9.11. The standard InChI is InChI=1S/C18H17F6N5O2.C16H15F6N5O.2CH4/c1-9(30)25-11(4-10-5-13(20)14(21)7-12(10)19)6-16(31)28-2-3-29-15(8-28)26-27-17(29)18(22,23)24;17-10-6-12(19)11(18)4-8(10)3-9(23)5-14(28)26-1-2-27-13(7-26)24-25-15(27)16(20,21)22;;/h5,7,11H,2-4,6,8H2,1H3,(H,25,30);4,6,9H,1-3,5,7,23H2;2*1H4/t11-;9-;;/m11../s1. The molecule has 4 heterocycles. The summed E-state index contributed by atoms with van der Waals surface area (Å²) in [5.41, 5.74) is 5.40. The van der Waals surface area contributed by atoms with Crippen molar-refractivity contribution in [3.8, 4) is 0 Å². The molecular weight excluding hydrogens is 848 g/mol. The Labute approximate surface area is 339 Å². The van der Waals surface area contributed by atoms with Gasteiger partial charge >= 0.3 is 12.4 Å². The SMILES string of the molecule is C.C.CC(=O)N[C@@H](CC(=O)N1CCn2c(nnc2C(F)(F)F)C1)Cc1cc(F)c(F)cc1F.N[C@@H](CC(=O)N1CCn2c(nnc2C(F)(F)F)C1)Cc1cc(F)c(F)cc1F. The molecule has 3 N–H and O–H groups in total. The third-order valence-electron chi connectivity index (χ3n) is 9.11. The van der Waals surface area contributed by atoms with Crippen molar-refractivity contribution in [2.75, 3.05) is 13.1 Å². The van der Waals surface area contributed by atoms with Crippen LogP contribution in [0.15, 0.2) is 24.3 Å². The Balaban J connectivity index is 0.000000316. The van der Waals surface area contributed by atoms with Gasteiger partial charge in [0.05, 0.1) is 13.1 Å². The molecule has 0 spiro atoms. The van der Waals surface area contributed by atoms with E-state index in [1.54, 1.807) is 0 Å². The van der Waals surface area contributed by atoms with E-state index in [4.69, 9.17) is 5.73 Å². The highest BCUT2D eigenvalue weighted by molar-refractivity contribution is 5.79. The number of hydrogen-bond acceptors (Lipinski definition) is 8. The van der Waals surface area contributed by atoms with Crippen molar-refractivity contribution in [1.82, 2.24) is 44.6 Å². The molecule has 25 heteroatoms. The van der Waals surface area contributed by atoms with Gasteiger partial charge in [0.2, 0.25) is 29.4 Å². The minimum absolute atomic E-state index is 0. The zero-order chi connectivity index (χ0) is 43.6. The Kier molecular flexibility index (Phi) is 16.1. The number of nitrogens with zero attached hydrogens (tertiary/aromatic N) is 8. The van der Waals surface area contributed by atoms with Crippen LogP contribution in [0.3, 0.4) is 0 Å². The van der Waals surface area contributed by atoms with Crippen LogP contribution >= 0.6 is 0 Å². The minimum atomic E-state index is -4.68. The van der Waals surface area contributed by atoms with Crippen LogP contribution in [0.5, 0.6) is 0 Å². The van der Waals surface area contributed by atoms with Crippen molar-refractivity contribution in [3.63, 3.8) is 0 Å². The predicted octanol–water partition coefficient (Wildman–Crippen LogP) is 5.48. The molecule has 61 heavy (non-hydrogen) atoms. The molecule has 336 valence electrons. The molecule has 0 radical (unpaired) electrons. The molecule has 0 saturated carbocycles. The van der Waals surface area contributed by atoms with Crippen LogP contribution < -0.4 is 11.1 Å². The smallest absolute Gasteiger partial charge is 0.353 e. The van der Waals surface area contributed by atoms with E-state index in [-0.39, 0.29) is 103 Å². The summed E-state index contributed by atoms with van der Waals surface area (Å²) in [6.07, 6.45) is -10.4. The van der Waals surface area contributed by atoms with Gasteiger partial charge in [0.1, 0.15) is 11.6 Å². The zero-order valence-corrected chi connectivity index (χ0v) is 30.5. The molecular formula is C36H40F12N10O3. The maximum Gasteiger partial charge on any atom is 0.451 e. The first-order valence-corrected chi connectivity index (χ1v) is 17.3. The van der Waals surface area contributed by atoms with Gasteiger partial charge < -0.3 is 30.0 Å². The van der Waals surface area contributed by atoms with Gasteiger partial charge in [0.15, 0.2) is 34.9 Å². The molecule has 13 nitrogen and oxygen atoms in total. The molecule has 0 fully saturated rings. The molecule has 2 atom stereocenters. The van der Waals surface area contributed by atoms with E-state index >= 15 is 0 Å². The second-order valence-corrected chi connectivity index (χ2v) is 13.5. The molecule has 2 aromatic carbocycles. The Morgan fingerprint density at radius 3 is 1.43 bits per heavy atom. The third kappa shape index (κ3) is 12.2. The van der Waals surface area contributed by atoms with Crippen molar-refractivity contribution >= 4 is 17.7 Å². The molecule has 0 saturated heterocycles. The fourth-order valence-electron chi connectivity index (χ4n) is 6.38. The van der Waals surface area contributed by atoms with Gasteiger partial charge in [-0.2, -0.15) is 26.3 Å². The first-order valence-electron chi connectivity index (χ1n) is 17.3. The molecule has 6 rings (SSSR count). The molecule has 4 aromatic rings. The average Bonchev–Trinajstić information content (AvgIpc) is 3.77. The topological polar surface area (TPSA) is 157 Å². The van der Waals surface area contributed by atoms with E-state index in [2.05, 4.69) is 25.7 Å². The van der Waals surface area contributed by atoms with Crippen LogP contribution in [0.25, 0.3) is 0 Å². The predicted molar refractivity (Wildman–Crippen MR) is 189 cm³/mol. The van der Waals surface area contributed by atoms with Crippen molar-refractivity contribution in [1.29, 1.82) is 0 Å². The number of nitrogens with one attached hydrogen (secondary N) is 1. The first-order chi connectivity index (χ1) is 27.5. The maximum atomic E-state index is 14.0. The summed E-state index contributed by atoms with van der Waals surface area (Å²) < 4.78 is 159. The first kappa shape index (κ1) is 49.6. The number of rotatable bonds is 9. The van der Waals surface area contributed by atoms with E-state index in [9.17, 15) is 67.1 Å². The Bertz CT molecular complexity index is 2210.